The molecule has 0 aliphatic carbocycles. The molecule has 0 saturated heterocycles. The maximum absolute atomic E-state index is 12.9. The van der Waals surface area contributed by atoms with E-state index in [4.69, 9.17) is 18.9 Å². The zero-order chi connectivity index (χ0) is 32.5. The summed E-state index contributed by atoms with van der Waals surface area (Å²) in [5.74, 6) is -0.725. The number of amides is 2. The van der Waals surface area contributed by atoms with Gasteiger partial charge in [-0.1, -0.05) is 17.7 Å². The smallest absolute Gasteiger partial charge is 0.343 e. The lowest BCUT2D eigenvalue weighted by molar-refractivity contribution is -0.384. The van der Waals surface area contributed by atoms with Gasteiger partial charge in [-0.2, -0.15) is 5.10 Å². The van der Waals surface area contributed by atoms with Crippen molar-refractivity contribution < 1.29 is 38.3 Å². The number of carbonyl (C=O) groups is 3. The molecule has 2 amide bonds. The summed E-state index contributed by atoms with van der Waals surface area (Å²) in [7, 11) is 4.34. The van der Waals surface area contributed by atoms with Gasteiger partial charge < -0.3 is 24.3 Å². The fraction of sp³-hybridized carbons (Fsp3) is 0.125. The van der Waals surface area contributed by atoms with E-state index in [1.165, 1.54) is 75.9 Å². The molecule has 2 N–H and O–H groups in total. The summed E-state index contributed by atoms with van der Waals surface area (Å²) in [4.78, 5) is 48.9. The Morgan fingerprint density at radius 3 is 2.07 bits per heavy atom. The maximum Gasteiger partial charge on any atom is 0.343 e. The monoisotopic (exact) mass is 612 g/mol. The third-order valence-electron chi connectivity index (χ3n) is 6.36. The van der Waals surface area contributed by atoms with E-state index in [1.54, 1.807) is 18.2 Å². The molecule has 4 aromatic rings. The second kappa shape index (κ2) is 14.3. The van der Waals surface area contributed by atoms with Gasteiger partial charge in [0.05, 0.1) is 38.0 Å². The molecule has 0 heterocycles. The van der Waals surface area contributed by atoms with Crippen molar-refractivity contribution in [3.63, 3.8) is 0 Å². The average Bonchev–Trinajstić information content (AvgIpc) is 3.04. The Balaban J connectivity index is 1.44. The van der Waals surface area contributed by atoms with Crippen LogP contribution in [0.5, 0.6) is 23.0 Å². The van der Waals surface area contributed by atoms with Gasteiger partial charge in [-0.3, -0.25) is 19.7 Å². The minimum Gasteiger partial charge on any atom is -0.493 e. The highest BCUT2D eigenvalue weighted by Crippen LogP contribution is 2.38. The number of hydrogen-bond donors (Lipinski definition) is 2. The van der Waals surface area contributed by atoms with E-state index in [0.717, 1.165) is 11.8 Å². The van der Waals surface area contributed by atoms with Crippen molar-refractivity contribution in [1.29, 1.82) is 0 Å². The second-order valence-electron chi connectivity index (χ2n) is 9.38. The SMILES string of the molecule is COc1cc(C(=O)Nc2ccc(C(=O)N/N=C/c3cc([N+](=O)[O-])ccc3OC(=O)c3cccc(C)c3)cc2)cc(OC)c1OC. The van der Waals surface area contributed by atoms with Gasteiger partial charge in [0.1, 0.15) is 5.75 Å². The molecule has 13 nitrogen and oxygen atoms in total. The predicted molar refractivity (Wildman–Crippen MR) is 165 cm³/mol. The molecule has 0 aliphatic rings. The Morgan fingerprint density at radius 1 is 0.778 bits per heavy atom. The van der Waals surface area contributed by atoms with E-state index in [-0.39, 0.29) is 28.1 Å². The van der Waals surface area contributed by atoms with Crippen LogP contribution in [-0.4, -0.2) is 50.3 Å². The van der Waals surface area contributed by atoms with Crippen molar-refractivity contribution >= 4 is 35.4 Å². The van der Waals surface area contributed by atoms with Gasteiger partial charge in [-0.15, -0.1) is 0 Å². The maximum atomic E-state index is 12.9. The Hall–Kier alpha value is -6.24. The first kappa shape index (κ1) is 31.7. The summed E-state index contributed by atoms with van der Waals surface area (Å²) < 4.78 is 21.3. The molecule has 0 radical (unpaired) electrons. The lowest BCUT2D eigenvalue weighted by Gasteiger charge is -2.14. The quantitative estimate of drug-likeness (QED) is 0.0764. The summed E-state index contributed by atoms with van der Waals surface area (Å²) in [6.07, 6.45) is 1.13. The highest BCUT2D eigenvalue weighted by atomic mass is 16.6. The van der Waals surface area contributed by atoms with Crippen molar-refractivity contribution in [1.82, 2.24) is 5.43 Å². The molecule has 45 heavy (non-hydrogen) atoms. The molecule has 0 spiro atoms. The van der Waals surface area contributed by atoms with Crippen LogP contribution in [-0.2, 0) is 0 Å². The number of methoxy groups -OCH3 is 3. The predicted octanol–water partition coefficient (Wildman–Crippen LogP) is 5.16. The number of rotatable bonds is 11. The Kier molecular flexibility index (Phi) is 10.1. The van der Waals surface area contributed by atoms with E-state index in [1.807, 2.05) is 13.0 Å². The highest BCUT2D eigenvalue weighted by Gasteiger charge is 2.18. The van der Waals surface area contributed by atoms with Crippen molar-refractivity contribution in [2.24, 2.45) is 5.10 Å². The van der Waals surface area contributed by atoms with Crippen LogP contribution >= 0.6 is 0 Å². The number of ether oxygens (including phenoxy) is 4. The van der Waals surface area contributed by atoms with E-state index in [0.29, 0.717) is 28.5 Å². The minimum atomic E-state index is -0.663. The lowest BCUT2D eigenvalue weighted by Crippen LogP contribution is -2.18. The largest absolute Gasteiger partial charge is 0.493 e. The van der Waals surface area contributed by atoms with Crippen LogP contribution in [0.15, 0.2) is 84.0 Å². The summed E-state index contributed by atoms with van der Waals surface area (Å²) in [5, 5.41) is 17.9. The molecule has 4 rings (SSSR count). The molecular weight excluding hydrogens is 584 g/mol. The Morgan fingerprint density at radius 2 is 1.47 bits per heavy atom. The fourth-order valence-electron chi connectivity index (χ4n) is 4.12. The topological polar surface area (TPSA) is 168 Å². The summed E-state index contributed by atoms with van der Waals surface area (Å²) in [6, 6.07) is 19.4. The molecule has 230 valence electrons. The molecule has 0 bridgehead atoms. The van der Waals surface area contributed by atoms with Gasteiger partial charge in [-0.05, 0) is 61.5 Å². The number of benzene rings is 4. The third kappa shape index (κ3) is 7.78. The number of hydrazone groups is 1. The average molecular weight is 613 g/mol. The lowest BCUT2D eigenvalue weighted by atomic mass is 10.1. The van der Waals surface area contributed by atoms with Gasteiger partial charge in [0.2, 0.25) is 5.75 Å². The number of aryl methyl sites for hydroxylation is 1. The van der Waals surface area contributed by atoms with E-state index in [9.17, 15) is 24.5 Å². The highest BCUT2D eigenvalue weighted by molar-refractivity contribution is 6.05. The zero-order valence-electron chi connectivity index (χ0n) is 24.7. The van der Waals surface area contributed by atoms with Crippen molar-refractivity contribution in [2.45, 2.75) is 6.92 Å². The minimum absolute atomic E-state index is 0.0114. The molecule has 0 unspecified atom stereocenters. The Labute approximate surface area is 257 Å². The summed E-state index contributed by atoms with van der Waals surface area (Å²) >= 11 is 0. The van der Waals surface area contributed by atoms with Crippen molar-refractivity contribution in [3.05, 3.63) is 117 Å². The molecule has 0 fully saturated rings. The van der Waals surface area contributed by atoms with Crippen LogP contribution in [0.1, 0.15) is 42.2 Å². The van der Waals surface area contributed by atoms with Crippen LogP contribution in [0.2, 0.25) is 0 Å². The van der Waals surface area contributed by atoms with Gasteiger partial charge in [0.25, 0.3) is 17.5 Å². The second-order valence-corrected chi connectivity index (χ2v) is 9.38. The molecule has 0 aliphatic heterocycles. The number of nitrogens with one attached hydrogen (secondary N) is 2. The number of nitrogens with zero attached hydrogens (tertiary/aromatic N) is 2. The van der Waals surface area contributed by atoms with E-state index in [2.05, 4.69) is 15.8 Å². The first-order valence-corrected chi connectivity index (χ1v) is 13.3. The number of hydrogen-bond acceptors (Lipinski definition) is 10. The number of esters is 1. The van der Waals surface area contributed by atoms with Crippen LogP contribution in [0.4, 0.5) is 11.4 Å². The Bertz CT molecular complexity index is 1760. The first-order valence-electron chi connectivity index (χ1n) is 13.3. The fourth-order valence-corrected chi connectivity index (χ4v) is 4.12. The number of nitro benzene ring substituents is 1. The third-order valence-corrected chi connectivity index (χ3v) is 6.36. The normalized spacial score (nSPS) is 10.6. The number of non-ortho nitro benzene ring substituents is 1. The standard InChI is InChI=1S/C32H28N4O9/c1-19-6-5-7-21(14-19)32(39)45-26-13-12-25(36(40)41)15-23(26)18-33-35-31(38)20-8-10-24(11-9-20)34-30(37)22-16-27(42-2)29(44-4)28(17-22)43-3/h5-18H,1-4H3,(H,34,37)(H,35,38)/b33-18+. The van der Waals surface area contributed by atoms with Gasteiger partial charge in [0.15, 0.2) is 11.5 Å². The molecule has 4 aromatic carbocycles. The summed E-state index contributed by atoms with van der Waals surface area (Å²) in [6.45, 7) is 1.82. The van der Waals surface area contributed by atoms with Crippen LogP contribution in [0, 0.1) is 17.0 Å². The van der Waals surface area contributed by atoms with E-state index >= 15 is 0 Å². The van der Waals surface area contributed by atoms with Crippen LogP contribution < -0.4 is 29.7 Å². The van der Waals surface area contributed by atoms with E-state index < -0.39 is 22.7 Å². The molecule has 0 saturated carbocycles. The van der Waals surface area contributed by atoms with Gasteiger partial charge in [0, 0.05) is 34.5 Å². The van der Waals surface area contributed by atoms with Crippen molar-refractivity contribution in [2.75, 3.05) is 26.6 Å². The molecule has 0 atom stereocenters. The van der Waals surface area contributed by atoms with Gasteiger partial charge in [-0.25, -0.2) is 10.2 Å². The van der Waals surface area contributed by atoms with Crippen LogP contribution in [0.25, 0.3) is 0 Å². The molecule has 0 aromatic heterocycles. The molecular formula is C32H28N4O9. The summed E-state index contributed by atoms with van der Waals surface area (Å²) in [5.41, 5.74) is 4.19. The molecule has 13 heteroatoms. The van der Waals surface area contributed by atoms with Crippen LogP contribution in [0.3, 0.4) is 0 Å². The number of nitro groups is 1. The number of anilines is 1. The van der Waals surface area contributed by atoms with Gasteiger partial charge >= 0.3 is 5.97 Å². The number of carbonyl (C=O) groups excluding carboxylic acids is 3. The zero-order valence-corrected chi connectivity index (χ0v) is 24.7. The first-order chi connectivity index (χ1) is 21.6. The van der Waals surface area contributed by atoms with Crippen molar-refractivity contribution in [3.8, 4) is 23.0 Å².